The fourth-order valence-corrected chi connectivity index (χ4v) is 3.98. The van der Waals surface area contributed by atoms with E-state index in [2.05, 4.69) is 29.6 Å². The van der Waals surface area contributed by atoms with Crippen LogP contribution in [0, 0.1) is 0 Å². The molecular weight excluding hydrogens is 344 g/mol. The second kappa shape index (κ2) is 7.79. The minimum Gasteiger partial charge on any atom is -0.489 e. The topological polar surface area (TPSA) is 41.6 Å². The first-order valence-electron chi connectivity index (χ1n) is 8.98. The molecule has 4 nitrogen and oxygen atoms in total. The molecule has 0 unspecified atom stereocenters. The number of carbonyl (C=O) groups excluding carboxylic acids is 1. The summed E-state index contributed by atoms with van der Waals surface area (Å²) in [4.78, 5) is 14.4. The first-order valence-corrected chi connectivity index (χ1v) is 9.92. The molecule has 0 radical (unpaired) electrons. The van der Waals surface area contributed by atoms with Crippen LogP contribution in [0.2, 0.25) is 0 Å². The molecule has 5 heteroatoms. The lowest BCUT2D eigenvalue weighted by Crippen LogP contribution is -2.46. The highest BCUT2D eigenvalue weighted by Crippen LogP contribution is 2.22. The third-order valence-electron chi connectivity index (χ3n) is 4.84. The number of urea groups is 1. The van der Waals surface area contributed by atoms with E-state index in [-0.39, 0.29) is 12.1 Å². The lowest BCUT2D eigenvalue weighted by Gasteiger charge is -2.32. The highest BCUT2D eigenvalue weighted by molar-refractivity contribution is 7.08. The molecule has 0 aliphatic carbocycles. The van der Waals surface area contributed by atoms with Crippen molar-refractivity contribution in [3.05, 3.63) is 64.9 Å². The predicted octanol–water partition coefficient (Wildman–Crippen LogP) is 4.65. The van der Waals surface area contributed by atoms with Crippen molar-refractivity contribution < 1.29 is 9.53 Å². The van der Waals surface area contributed by atoms with Gasteiger partial charge in [0.15, 0.2) is 0 Å². The van der Waals surface area contributed by atoms with E-state index in [1.54, 1.807) is 11.3 Å². The van der Waals surface area contributed by atoms with Crippen LogP contribution in [0.3, 0.4) is 0 Å². The van der Waals surface area contributed by atoms with E-state index in [9.17, 15) is 4.79 Å². The molecule has 1 N–H and O–H groups in total. The molecule has 1 aromatic heterocycles. The Morgan fingerprint density at radius 2 is 1.92 bits per heavy atom. The maximum Gasteiger partial charge on any atom is 0.317 e. The van der Waals surface area contributed by atoms with Gasteiger partial charge in [-0.1, -0.05) is 42.5 Å². The Balaban J connectivity index is 1.30. The van der Waals surface area contributed by atoms with Crippen molar-refractivity contribution in [3.8, 4) is 5.75 Å². The van der Waals surface area contributed by atoms with E-state index in [0.29, 0.717) is 6.54 Å². The third-order valence-corrected chi connectivity index (χ3v) is 5.50. The van der Waals surface area contributed by atoms with Crippen LogP contribution in [0.4, 0.5) is 4.79 Å². The fraction of sp³-hybridized carbons (Fsp3) is 0.286. The average Bonchev–Trinajstić information content (AvgIpc) is 3.19. The Labute approximate surface area is 157 Å². The van der Waals surface area contributed by atoms with Crippen LogP contribution in [0.5, 0.6) is 5.75 Å². The summed E-state index contributed by atoms with van der Waals surface area (Å²) in [7, 11) is 0. The van der Waals surface area contributed by atoms with Crippen LogP contribution in [-0.4, -0.2) is 30.1 Å². The molecular formula is C21H22N2O2S. The van der Waals surface area contributed by atoms with Gasteiger partial charge in [0.25, 0.3) is 0 Å². The molecule has 1 fully saturated rings. The van der Waals surface area contributed by atoms with E-state index < -0.39 is 0 Å². The Hall–Kier alpha value is -2.53. The van der Waals surface area contributed by atoms with Gasteiger partial charge in [0.05, 0.1) is 0 Å². The van der Waals surface area contributed by atoms with E-state index >= 15 is 0 Å². The molecule has 3 aromatic rings. The quantitative estimate of drug-likeness (QED) is 0.730. The maximum atomic E-state index is 12.5. The van der Waals surface area contributed by atoms with E-state index in [1.165, 1.54) is 10.8 Å². The van der Waals surface area contributed by atoms with Crippen LogP contribution < -0.4 is 10.1 Å². The van der Waals surface area contributed by atoms with Gasteiger partial charge >= 0.3 is 6.03 Å². The first-order chi connectivity index (χ1) is 12.8. The summed E-state index contributed by atoms with van der Waals surface area (Å²) in [6.45, 7) is 2.01. The number of fused-ring (bicyclic) bond motifs is 1. The number of nitrogens with zero attached hydrogens (tertiary/aromatic N) is 1. The van der Waals surface area contributed by atoms with Gasteiger partial charge in [0, 0.05) is 37.9 Å². The molecule has 0 atom stereocenters. The van der Waals surface area contributed by atoms with Gasteiger partial charge in [-0.15, -0.1) is 11.3 Å². The van der Waals surface area contributed by atoms with Crippen molar-refractivity contribution >= 4 is 28.1 Å². The minimum absolute atomic E-state index is 0.00641. The number of hydrogen-bond donors (Lipinski definition) is 1. The number of ether oxygens (including phenoxy) is 1. The van der Waals surface area contributed by atoms with Gasteiger partial charge in [-0.25, -0.2) is 4.79 Å². The molecule has 0 saturated carbocycles. The van der Waals surface area contributed by atoms with Gasteiger partial charge in [-0.3, -0.25) is 0 Å². The molecule has 4 rings (SSSR count). The minimum atomic E-state index is 0.00641. The van der Waals surface area contributed by atoms with Crippen molar-refractivity contribution in [3.63, 3.8) is 0 Å². The van der Waals surface area contributed by atoms with Gasteiger partial charge in [-0.2, -0.15) is 0 Å². The van der Waals surface area contributed by atoms with Crippen LogP contribution in [-0.2, 0) is 6.54 Å². The molecule has 2 heterocycles. The number of piperidine rings is 1. The Morgan fingerprint density at radius 1 is 1.12 bits per heavy atom. The Morgan fingerprint density at radius 3 is 2.73 bits per heavy atom. The predicted molar refractivity (Wildman–Crippen MR) is 106 cm³/mol. The highest BCUT2D eigenvalue weighted by Gasteiger charge is 2.23. The molecule has 0 bridgehead atoms. The standard InChI is InChI=1S/C21H22N2O2S/c24-21(22-14-17-6-3-5-16-4-1-2-7-20(16)17)23-11-8-18(9-12-23)25-19-10-13-26-15-19/h1-7,10,13,15,18H,8-9,11-12,14H2,(H,22,24). The van der Waals surface area contributed by atoms with E-state index in [1.807, 2.05) is 39.9 Å². The summed E-state index contributed by atoms with van der Waals surface area (Å²) in [5, 5.41) is 9.50. The normalized spacial score (nSPS) is 15.2. The monoisotopic (exact) mass is 366 g/mol. The molecule has 1 saturated heterocycles. The van der Waals surface area contributed by atoms with E-state index in [4.69, 9.17) is 4.74 Å². The van der Waals surface area contributed by atoms with Crippen molar-refractivity contribution in [2.75, 3.05) is 13.1 Å². The zero-order valence-corrected chi connectivity index (χ0v) is 15.4. The number of thiophene rings is 1. The number of hydrogen-bond acceptors (Lipinski definition) is 3. The van der Waals surface area contributed by atoms with Gasteiger partial charge in [0.2, 0.25) is 0 Å². The second-order valence-electron chi connectivity index (χ2n) is 6.56. The van der Waals surface area contributed by atoms with Crippen molar-refractivity contribution in [1.29, 1.82) is 0 Å². The SMILES string of the molecule is O=C(NCc1cccc2ccccc12)N1CCC(Oc2ccsc2)CC1. The zero-order chi connectivity index (χ0) is 17.8. The summed E-state index contributed by atoms with van der Waals surface area (Å²) in [5.74, 6) is 0.939. The summed E-state index contributed by atoms with van der Waals surface area (Å²) >= 11 is 1.64. The van der Waals surface area contributed by atoms with Crippen molar-refractivity contribution in [2.24, 2.45) is 0 Å². The van der Waals surface area contributed by atoms with Crippen molar-refractivity contribution in [2.45, 2.75) is 25.5 Å². The summed E-state index contributed by atoms with van der Waals surface area (Å²) in [6, 6.07) is 16.5. The number of carbonyl (C=O) groups is 1. The van der Waals surface area contributed by atoms with E-state index in [0.717, 1.165) is 37.2 Å². The Bertz CT molecular complexity index is 865. The summed E-state index contributed by atoms with van der Waals surface area (Å²) < 4.78 is 5.95. The van der Waals surface area contributed by atoms with Gasteiger partial charge in [0.1, 0.15) is 11.9 Å². The van der Waals surface area contributed by atoms with Crippen molar-refractivity contribution in [1.82, 2.24) is 10.2 Å². The first kappa shape index (κ1) is 16.9. The summed E-state index contributed by atoms with van der Waals surface area (Å²) in [6.07, 6.45) is 1.95. The fourth-order valence-electron chi connectivity index (χ4n) is 3.42. The molecule has 2 aromatic carbocycles. The maximum absolute atomic E-state index is 12.5. The largest absolute Gasteiger partial charge is 0.489 e. The second-order valence-corrected chi connectivity index (χ2v) is 7.34. The number of benzene rings is 2. The van der Waals surface area contributed by atoms with Gasteiger partial charge < -0.3 is 15.0 Å². The van der Waals surface area contributed by atoms with Crippen LogP contribution in [0.15, 0.2) is 59.3 Å². The molecule has 26 heavy (non-hydrogen) atoms. The molecule has 0 spiro atoms. The number of rotatable bonds is 4. The van der Waals surface area contributed by atoms with Gasteiger partial charge in [-0.05, 0) is 27.8 Å². The number of amides is 2. The lowest BCUT2D eigenvalue weighted by molar-refractivity contribution is 0.111. The third kappa shape index (κ3) is 3.83. The average molecular weight is 366 g/mol. The zero-order valence-electron chi connectivity index (χ0n) is 14.6. The highest BCUT2D eigenvalue weighted by atomic mass is 32.1. The molecule has 134 valence electrons. The van der Waals surface area contributed by atoms with Crippen LogP contribution in [0.1, 0.15) is 18.4 Å². The molecule has 1 aliphatic heterocycles. The molecule has 2 amide bonds. The smallest absolute Gasteiger partial charge is 0.317 e. The molecule has 1 aliphatic rings. The number of likely N-dealkylation sites (tertiary alicyclic amines) is 1. The van der Waals surface area contributed by atoms with Crippen LogP contribution in [0.25, 0.3) is 10.8 Å². The Kier molecular flexibility index (Phi) is 5.07. The van der Waals surface area contributed by atoms with Crippen LogP contribution >= 0.6 is 11.3 Å². The lowest BCUT2D eigenvalue weighted by atomic mass is 10.0. The number of nitrogens with one attached hydrogen (secondary N) is 1. The summed E-state index contributed by atoms with van der Waals surface area (Å²) in [5.41, 5.74) is 1.15.